The van der Waals surface area contributed by atoms with Gasteiger partial charge in [0.05, 0.1) is 0 Å². The van der Waals surface area contributed by atoms with Gasteiger partial charge in [-0.1, -0.05) is 75.3 Å². The van der Waals surface area contributed by atoms with Gasteiger partial charge in [-0.15, -0.1) is 0 Å². The van der Waals surface area contributed by atoms with Crippen molar-refractivity contribution < 1.29 is 0 Å². The molecule has 0 saturated heterocycles. The Labute approximate surface area is 112 Å². The summed E-state index contributed by atoms with van der Waals surface area (Å²) >= 11 is 0. The number of hydrogen-bond donors (Lipinski definition) is 2. The Kier molecular flexibility index (Phi) is 7.70. The van der Waals surface area contributed by atoms with Crippen molar-refractivity contribution >= 4 is 0 Å². The van der Waals surface area contributed by atoms with Crippen LogP contribution >= 0.6 is 0 Å². The van der Waals surface area contributed by atoms with Crippen LogP contribution in [-0.4, -0.2) is 0 Å². The zero-order valence-electron chi connectivity index (χ0n) is 11.9. The molecule has 0 radical (unpaired) electrons. The number of aryl methyl sites for hydroxylation is 1. The van der Waals surface area contributed by atoms with Gasteiger partial charge < -0.3 is 0 Å². The van der Waals surface area contributed by atoms with Gasteiger partial charge in [0, 0.05) is 6.04 Å². The largest absolute Gasteiger partial charge is 0.271 e. The van der Waals surface area contributed by atoms with Crippen LogP contribution in [0.25, 0.3) is 0 Å². The molecule has 0 aliphatic heterocycles. The van der Waals surface area contributed by atoms with E-state index < -0.39 is 0 Å². The number of nitrogens with two attached hydrogens (primary N) is 1. The Hall–Kier alpha value is -0.860. The van der Waals surface area contributed by atoms with Crippen molar-refractivity contribution in [3.05, 3.63) is 35.4 Å². The summed E-state index contributed by atoms with van der Waals surface area (Å²) < 4.78 is 0. The number of unbranched alkanes of at least 4 members (excludes halogenated alkanes) is 5. The highest BCUT2D eigenvalue weighted by atomic mass is 15.2. The van der Waals surface area contributed by atoms with Crippen LogP contribution in [0.3, 0.4) is 0 Å². The first-order chi connectivity index (χ1) is 8.77. The molecule has 0 aliphatic carbocycles. The van der Waals surface area contributed by atoms with Gasteiger partial charge in [0.2, 0.25) is 0 Å². The highest BCUT2D eigenvalue weighted by molar-refractivity contribution is 5.24. The number of hydrogen-bond acceptors (Lipinski definition) is 2. The fourth-order valence-corrected chi connectivity index (χ4v) is 2.36. The van der Waals surface area contributed by atoms with Crippen molar-refractivity contribution in [3.8, 4) is 0 Å². The van der Waals surface area contributed by atoms with E-state index in [9.17, 15) is 0 Å². The second-order valence-corrected chi connectivity index (χ2v) is 5.19. The summed E-state index contributed by atoms with van der Waals surface area (Å²) in [7, 11) is 0. The molecule has 1 aromatic rings. The monoisotopic (exact) mass is 248 g/mol. The molecule has 0 bridgehead atoms. The Morgan fingerprint density at radius 1 is 1.11 bits per heavy atom. The zero-order valence-corrected chi connectivity index (χ0v) is 11.9. The summed E-state index contributed by atoms with van der Waals surface area (Å²) in [6, 6.07) is 8.92. The predicted octanol–water partition coefficient (Wildman–Crippen LogP) is 4.25. The van der Waals surface area contributed by atoms with Crippen LogP contribution in [-0.2, 0) is 0 Å². The van der Waals surface area contributed by atoms with Gasteiger partial charge in [0.15, 0.2) is 0 Å². The highest BCUT2D eigenvalue weighted by Crippen LogP contribution is 2.20. The Balaban J connectivity index is 2.29. The molecule has 3 N–H and O–H groups in total. The van der Waals surface area contributed by atoms with Crippen LogP contribution in [0.4, 0.5) is 0 Å². The van der Waals surface area contributed by atoms with Crippen molar-refractivity contribution in [2.45, 2.75) is 64.8 Å². The maximum atomic E-state index is 5.67. The average molecular weight is 248 g/mol. The molecule has 1 atom stereocenters. The van der Waals surface area contributed by atoms with Crippen molar-refractivity contribution in [2.24, 2.45) is 5.84 Å². The molecule has 0 saturated carbocycles. The average Bonchev–Trinajstić information content (AvgIpc) is 2.38. The van der Waals surface area contributed by atoms with Gasteiger partial charge in [-0.05, 0) is 18.9 Å². The first-order valence-corrected chi connectivity index (χ1v) is 7.30. The smallest absolute Gasteiger partial charge is 0.0460 e. The van der Waals surface area contributed by atoms with Crippen LogP contribution in [0.15, 0.2) is 24.3 Å². The normalized spacial score (nSPS) is 12.6. The minimum absolute atomic E-state index is 0.302. The molecule has 18 heavy (non-hydrogen) atoms. The Morgan fingerprint density at radius 3 is 2.50 bits per heavy atom. The van der Waals surface area contributed by atoms with E-state index in [2.05, 4.69) is 43.5 Å². The molecule has 0 aliphatic rings. The third-order valence-electron chi connectivity index (χ3n) is 3.49. The van der Waals surface area contributed by atoms with Gasteiger partial charge in [0.25, 0.3) is 0 Å². The van der Waals surface area contributed by atoms with Gasteiger partial charge >= 0.3 is 0 Å². The molecule has 2 nitrogen and oxygen atoms in total. The molecule has 1 aromatic carbocycles. The fraction of sp³-hybridized carbons (Fsp3) is 0.625. The summed E-state index contributed by atoms with van der Waals surface area (Å²) in [5.41, 5.74) is 5.56. The molecular weight excluding hydrogens is 220 g/mol. The summed E-state index contributed by atoms with van der Waals surface area (Å²) in [5.74, 6) is 5.67. The predicted molar refractivity (Wildman–Crippen MR) is 79.2 cm³/mol. The van der Waals surface area contributed by atoms with Crippen LogP contribution < -0.4 is 11.3 Å². The first kappa shape index (κ1) is 15.2. The molecule has 0 amide bonds. The number of rotatable bonds is 9. The number of nitrogens with one attached hydrogen (secondary N) is 1. The third-order valence-corrected chi connectivity index (χ3v) is 3.49. The highest BCUT2D eigenvalue weighted by Gasteiger charge is 2.08. The van der Waals surface area contributed by atoms with E-state index in [1.807, 2.05) is 0 Å². The lowest BCUT2D eigenvalue weighted by atomic mass is 9.99. The molecule has 1 unspecified atom stereocenters. The van der Waals surface area contributed by atoms with E-state index in [0.29, 0.717) is 6.04 Å². The Bertz CT molecular complexity index is 323. The summed E-state index contributed by atoms with van der Waals surface area (Å²) in [6.07, 6.45) is 9.13. The van der Waals surface area contributed by atoms with E-state index in [0.717, 1.165) is 6.42 Å². The van der Waals surface area contributed by atoms with Gasteiger partial charge in [-0.2, -0.15) is 0 Å². The van der Waals surface area contributed by atoms with Crippen LogP contribution in [0.1, 0.15) is 69.0 Å². The Morgan fingerprint density at radius 2 is 1.83 bits per heavy atom. The fourth-order valence-electron chi connectivity index (χ4n) is 2.36. The summed E-state index contributed by atoms with van der Waals surface area (Å²) in [6.45, 7) is 4.38. The lowest BCUT2D eigenvalue weighted by Gasteiger charge is -2.16. The number of hydrazine groups is 1. The minimum Gasteiger partial charge on any atom is -0.271 e. The maximum Gasteiger partial charge on any atom is 0.0460 e. The SMILES string of the molecule is CCCCCCCCC(NN)c1cccc(C)c1. The quantitative estimate of drug-likeness (QED) is 0.389. The molecule has 2 heteroatoms. The molecule has 0 fully saturated rings. The van der Waals surface area contributed by atoms with E-state index in [-0.39, 0.29) is 0 Å². The van der Waals surface area contributed by atoms with Crippen LogP contribution in [0.5, 0.6) is 0 Å². The topological polar surface area (TPSA) is 38.0 Å². The number of benzene rings is 1. The second-order valence-electron chi connectivity index (χ2n) is 5.19. The van der Waals surface area contributed by atoms with Gasteiger partial charge in [-0.3, -0.25) is 11.3 Å². The zero-order chi connectivity index (χ0) is 13.2. The van der Waals surface area contributed by atoms with Crippen LogP contribution in [0, 0.1) is 6.92 Å². The van der Waals surface area contributed by atoms with Crippen molar-refractivity contribution in [3.63, 3.8) is 0 Å². The van der Waals surface area contributed by atoms with E-state index in [4.69, 9.17) is 5.84 Å². The van der Waals surface area contributed by atoms with Gasteiger partial charge in [-0.25, -0.2) is 0 Å². The summed E-state index contributed by atoms with van der Waals surface area (Å²) in [4.78, 5) is 0. The third kappa shape index (κ3) is 5.65. The van der Waals surface area contributed by atoms with Crippen molar-refractivity contribution in [2.75, 3.05) is 0 Å². The van der Waals surface area contributed by atoms with E-state index >= 15 is 0 Å². The maximum absolute atomic E-state index is 5.67. The minimum atomic E-state index is 0.302. The van der Waals surface area contributed by atoms with Gasteiger partial charge in [0.1, 0.15) is 0 Å². The van der Waals surface area contributed by atoms with Crippen LogP contribution in [0.2, 0.25) is 0 Å². The molecular formula is C16H28N2. The van der Waals surface area contributed by atoms with E-state index in [1.165, 1.54) is 49.7 Å². The molecule has 102 valence electrons. The standard InChI is InChI=1S/C16H28N2/c1-3-4-5-6-7-8-12-16(18-17)15-11-9-10-14(2)13-15/h9-11,13,16,18H,3-8,12,17H2,1-2H3. The van der Waals surface area contributed by atoms with E-state index in [1.54, 1.807) is 0 Å². The molecule has 0 aromatic heterocycles. The van der Waals surface area contributed by atoms with Crippen molar-refractivity contribution in [1.29, 1.82) is 0 Å². The second kappa shape index (κ2) is 9.12. The lowest BCUT2D eigenvalue weighted by Crippen LogP contribution is -2.28. The lowest BCUT2D eigenvalue weighted by molar-refractivity contribution is 0.477. The molecule has 1 rings (SSSR count). The molecule has 0 spiro atoms. The first-order valence-electron chi connectivity index (χ1n) is 7.30. The van der Waals surface area contributed by atoms with Crippen molar-refractivity contribution in [1.82, 2.24) is 5.43 Å². The summed E-state index contributed by atoms with van der Waals surface area (Å²) in [5, 5.41) is 0. The molecule has 0 heterocycles.